The van der Waals surface area contributed by atoms with E-state index >= 15 is 0 Å². The van der Waals surface area contributed by atoms with Crippen LogP contribution in [0.3, 0.4) is 0 Å². The normalized spacial score (nSPS) is 11.5. The van der Waals surface area contributed by atoms with Gasteiger partial charge in [-0.2, -0.15) is 23.4 Å². The largest absolute Gasteiger partial charge is 0.471 e. The smallest absolute Gasteiger partial charge is 0.435 e. The molecule has 0 fully saturated rings. The first-order valence-electron chi connectivity index (χ1n) is 9.77. The molecule has 0 radical (unpaired) electrons. The number of nitrogens with zero attached hydrogens (tertiary/aromatic N) is 4. The standard InChI is InChI=1S/C21H24F3N5O2/c1-14-5-6-18(15(2)11-14)31-13-28-10-7-17(26-28)20(30)25-8-4-9-29-16(3)12-19(27-29)21(22,23)24/h5-7,10-12H,4,8-9,13H2,1-3H3,(H,25,30). The summed E-state index contributed by atoms with van der Waals surface area (Å²) < 4.78 is 46.6. The van der Waals surface area contributed by atoms with E-state index in [1.54, 1.807) is 19.2 Å². The first kappa shape index (κ1) is 22.4. The summed E-state index contributed by atoms with van der Waals surface area (Å²) in [5, 5.41) is 10.5. The number of hydrogen-bond donors (Lipinski definition) is 1. The molecule has 0 spiro atoms. The summed E-state index contributed by atoms with van der Waals surface area (Å²) in [5.74, 6) is 0.383. The van der Waals surface area contributed by atoms with Crippen molar-refractivity contribution in [3.63, 3.8) is 0 Å². The van der Waals surface area contributed by atoms with Crippen LogP contribution in [0, 0.1) is 20.8 Å². The molecule has 1 aromatic carbocycles. The number of amides is 1. The molecule has 166 valence electrons. The van der Waals surface area contributed by atoms with Crippen LogP contribution in [0.1, 0.15) is 39.4 Å². The number of carbonyl (C=O) groups is 1. The van der Waals surface area contributed by atoms with Crippen molar-refractivity contribution in [3.05, 3.63) is 64.7 Å². The highest BCUT2D eigenvalue weighted by Crippen LogP contribution is 2.28. The van der Waals surface area contributed by atoms with Gasteiger partial charge < -0.3 is 10.1 Å². The highest BCUT2D eigenvalue weighted by Gasteiger charge is 2.34. The number of nitrogens with one attached hydrogen (secondary N) is 1. The molecular weight excluding hydrogens is 411 g/mol. The van der Waals surface area contributed by atoms with Gasteiger partial charge in [-0.1, -0.05) is 17.7 Å². The number of ether oxygens (including phenoxy) is 1. The quantitative estimate of drug-likeness (QED) is 0.545. The van der Waals surface area contributed by atoms with Crippen molar-refractivity contribution in [1.29, 1.82) is 0 Å². The average molecular weight is 435 g/mol. The number of benzene rings is 1. The Labute approximate surface area is 177 Å². The van der Waals surface area contributed by atoms with Gasteiger partial charge in [0.25, 0.3) is 5.91 Å². The summed E-state index contributed by atoms with van der Waals surface area (Å²) in [5.41, 5.74) is 1.90. The van der Waals surface area contributed by atoms with Gasteiger partial charge in [0, 0.05) is 25.0 Å². The summed E-state index contributed by atoms with van der Waals surface area (Å²) in [7, 11) is 0. The Balaban J connectivity index is 1.45. The van der Waals surface area contributed by atoms with Crippen molar-refractivity contribution < 1.29 is 22.7 Å². The maximum absolute atomic E-state index is 12.7. The minimum absolute atomic E-state index is 0.164. The van der Waals surface area contributed by atoms with E-state index in [1.165, 1.54) is 9.36 Å². The van der Waals surface area contributed by atoms with Crippen molar-refractivity contribution in [3.8, 4) is 5.75 Å². The fraction of sp³-hybridized carbons (Fsp3) is 0.381. The van der Waals surface area contributed by atoms with E-state index in [4.69, 9.17) is 4.74 Å². The maximum atomic E-state index is 12.7. The molecule has 31 heavy (non-hydrogen) atoms. The van der Waals surface area contributed by atoms with Gasteiger partial charge in [-0.15, -0.1) is 0 Å². The number of aryl methyl sites for hydroxylation is 4. The maximum Gasteiger partial charge on any atom is 0.435 e. The second-order valence-corrected chi connectivity index (χ2v) is 7.28. The molecule has 3 rings (SSSR count). The molecule has 1 amide bonds. The highest BCUT2D eigenvalue weighted by molar-refractivity contribution is 5.92. The second-order valence-electron chi connectivity index (χ2n) is 7.28. The number of hydrogen-bond acceptors (Lipinski definition) is 4. The zero-order valence-electron chi connectivity index (χ0n) is 17.5. The molecule has 2 aromatic heterocycles. The third-order valence-electron chi connectivity index (χ3n) is 4.66. The Bertz CT molecular complexity index is 1060. The van der Waals surface area contributed by atoms with E-state index in [-0.39, 0.29) is 31.4 Å². The van der Waals surface area contributed by atoms with Gasteiger partial charge in [-0.05, 0) is 51.0 Å². The van der Waals surface area contributed by atoms with Crippen LogP contribution in [0.4, 0.5) is 13.2 Å². The Morgan fingerprint density at radius 1 is 1.13 bits per heavy atom. The minimum Gasteiger partial charge on any atom is -0.471 e. The molecule has 2 heterocycles. The predicted molar refractivity (Wildman–Crippen MR) is 108 cm³/mol. The molecule has 0 unspecified atom stereocenters. The van der Waals surface area contributed by atoms with Crippen LogP contribution in [0.2, 0.25) is 0 Å². The van der Waals surface area contributed by atoms with Gasteiger partial charge in [-0.25, -0.2) is 4.68 Å². The van der Waals surface area contributed by atoms with E-state index in [2.05, 4.69) is 15.5 Å². The lowest BCUT2D eigenvalue weighted by molar-refractivity contribution is -0.141. The van der Waals surface area contributed by atoms with Crippen LogP contribution < -0.4 is 10.1 Å². The van der Waals surface area contributed by atoms with Crippen molar-refractivity contribution in [2.45, 2.75) is 46.6 Å². The third kappa shape index (κ3) is 5.87. The predicted octanol–water partition coefficient (Wildman–Crippen LogP) is 3.88. The Morgan fingerprint density at radius 3 is 2.58 bits per heavy atom. The van der Waals surface area contributed by atoms with E-state index in [9.17, 15) is 18.0 Å². The summed E-state index contributed by atoms with van der Waals surface area (Å²) in [4.78, 5) is 12.2. The molecule has 10 heteroatoms. The molecule has 1 N–H and O–H groups in total. The van der Waals surface area contributed by atoms with Crippen molar-refractivity contribution in [1.82, 2.24) is 24.9 Å². The summed E-state index contributed by atoms with van der Waals surface area (Å²) in [6.45, 7) is 6.24. The van der Waals surface area contributed by atoms with Crippen LogP contribution in [0.15, 0.2) is 36.5 Å². The minimum atomic E-state index is -4.47. The summed E-state index contributed by atoms with van der Waals surface area (Å²) >= 11 is 0. The first-order chi connectivity index (χ1) is 14.6. The van der Waals surface area contributed by atoms with Gasteiger partial charge in [0.1, 0.15) is 11.4 Å². The van der Waals surface area contributed by atoms with Gasteiger partial charge in [0.15, 0.2) is 12.4 Å². The van der Waals surface area contributed by atoms with Crippen molar-refractivity contribution >= 4 is 5.91 Å². The molecule has 0 aliphatic carbocycles. The number of rotatable bonds is 8. The lowest BCUT2D eigenvalue weighted by atomic mass is 10.1. The van der Waals surface area contributed by atoms with Gasteiger partial charge in [0.2, 0.25) is 0 Å². The molecule has 0 saturated heterocycles. The monoisotopic (exact) mass is 435 g/mol. The van der Waals surface area contributed by atoms with E-state index in [0.717, 1.165) is 22.9 Å². The lowest BCUT2D eigenvalue weighted by Gasteiger charge is -2.09. The fourth-order valence-electron chi connectivity index (χ4n) is 3.05. The third-order valence-corrected chi connectivity index (χ3v) is 4.66. The molecule has 3 aromatic rings. The Hall–Kier alpha value is -3.30. The van der Waals surface area contributed by atoms with Crippen LogP contribution in [-0.4, -0.2) is 32.0 Å². The number of aromatic nitrogens is 4. The van der Waals surface area contributed by atoms with Gasteiger partial charge in [-0.3, -0.25) is 9.48 Å². The molecule has 7 nitrogen and oxygen atoms in total. The lowest BCUT2D eigenvalue weighted by Crippen LogP contribution is -2.26. The molecular formula is C21H24F3N5O2. The zero-order valence-corrected chi connectivity index (χ0v) is 17.5. The molecule has 0 aliphatic rings. The van der Waals surface area contributed by atoms with E-state index in [1.807, 2.05) is 32.0 Å². The molecule has 0 saturated carbocycles. The topological polar surface area (TPSA) is 74.0 Å². The van der Waals surface area contributed by atoms with Crippen molar-refractivity contribution in [2.24, 2.45) is 0 Å². The van der Waals surface area contributed by atoms with Crippen LogP contribution >= 0.6 is 0 Å². The molecule has 0 aliphatic heterocycles. The number of alkyl halides is 3. The molecule has 0 atom stereocenters. The Kier molecular flexibility index (Phi) is 6.67. The Morgan fingerprint density at radius 2 is 1.90 bits per heavy atom. The van der Waals surface area contributed by atoms with E-state index < -0.39 is 11.9 Å². The molecule has 0 bridgehead atoms. The zero-order chi connectivity index (χ0) is 22.6. The highest BCUT2D eigenvalue weighted by atomic mass is 19.4. The average Bonchev–Trinajstić information content (AvgIpc) is 3.31. The van der Waals surface area contributed by atoms with Crippen molar-refractivity contribution in [2.75, 3.05) is 6.54 Å². The van der Waals surface area contributed by atoms with Crippen LogP contribution in [0.5, 0.6) is 5.75 Å². The number of carbonyl (C=O) groups excluding carboxylic acids is 1. The van der Waals surface area contributed by atoms with Gasteiger partial charge >= 0.3 is 6.18 Å². The first-order valence-corrected chi connectivity index (χ1v) is 9.77. The van der Waals surface area contributed by atoms with Crippen LogP contribution in [0.25, 0.3) is 0 Å². The van der Waals surface area contributed by atoms with Gasteiger partial charge in [0.05, 0.1) is 0 Å². The second kappa shape index (κ2) is 9.23. The van der Waals surface area contributed by atoms with Crippen LogP contribution in [-0.2, 0) is 19.5 Å². The number of halogens is 3. The summed E-state index contributed by atoms with van der Waals surface area (Å²) in [6.07, 6.45) is -2.39. The SMILES string of the molecule is Cc1ccc(OCn2ccc(C(=O)NCCCn3nc(C(F)(F)F)cc3C)n2)c(C)c1. The van der Waals surface area contributed by atoms with E-state index in [0.29, 0.717) is 12.1 Å². The fourth-order valence-corrected chi connectivity index (χ4v) is 3.05. The summed E-state index contributed by atoms with van der Waals surface area (Å²) in [6, 6.07) is 8.45.